The van der Waals surface area contributed by atoms with E-state index < -0.39 is 0 Å². The maximum atomic E-state index is 12.3. The van der Waals surface area contributed by atoms with Gasteiger partial charge in [0.15, 0.2) is 11.7 Å². The van der Waals surface area contributed by atoms with E-state index in [1.807, 2.05) is 25.1 Å². The van der Waals surface area contributed by atoms with Gasteiger partial charge in [0.1, 0.15) is 17.5 Å². The molecule has 114 valence electrons. The molecule has 0 spiro atoms. The molecule has 5 nitrogen and oxygen atoms in total. The molecule has 0 bridgehead atoms. The Balaban J connectivity index is 2.33. The number of ether oxygens (including phenoxy) is 1. The van der Waals surface area contributed by atoms with E-state index in [1.54, 1.807) is 12.1 Å². The van der Waals surface area contributed by atoms with Crippen molar-refractivity contribution in [2.24, 2.45) is 0 Å². The van der Waals surface area contributed by atoms with Crippen LogP contribution in [-0.4, -0.2) is 29.1 Å². The van der Waals surface area contributed by atoms with Crippen molar-refractivity contribution in [3.63, 3.8) is 0 Å². The quantitative estimate of drug-likeness (QED) is 0.629. The fourth-order valence-corrected chi connectivity index (χ4v) is 2.69. The van der Waals surface area contributed by atoms with E-state index in [-0.39, 0.29) is 12.5 Å². The second-order valence-corrected chi connectivity index (χ2v) is 5.88. The van der Waals surface area contributed by atoms with Gasteiger partial charge in [-0.15, -0.1) is 0 Å². The van der Waals surface area contributed by atoms with Crippen molar-refractivity contribution in [3.05, 3.63) is 33.9 Å². The van der Waals surface area contributed by atoms with E-state index in [0.717, 1.165) is 10.9 Å². The first-order valence-electron chi connectivity index (χ1n) is 6.70. The van der Waals surface area contributed by atoms with E-state index in [2.05, 4.69) is 21.2 Å². The molecule has 1 aromatic carbocycles. The zero-order chi connectivity index (χ0) is 16.1. The fraction of sp³-hybridized carbons (Fsp3) is 0.267. The number of nitrogens with zero attached hydrogens (tertiary/aromatic N) is 2. The molecule has 1 amide bonds. The highest BCUT2D eigenvalue weighted by molar-refractivity contribution is 9.10. The molecule has 1 aliphatic heterocycles. The largest absolute Gasteiger partial charge is 0.478 e. The number of carbonyl (C=O) groups is 1. The summed E-state index contributed by atoms with van der Waals surface area (Å²) >= 11 is 8.56. The van der Waals surface area contributed by atoms with Crippen LogP contribution in [0.5, 0.6) is 5.75 Å². The van der Waals surface area contributed by atoms with Crippen LogP contribution in [0.2, 0.25) is 0 Å². The molecule has 1 aromatic rings. The molecule has 1 N–H and O–H groups in total. The molecule has 0 saturated carbocycles. The summed E-state index contributed by atoms with van der Waals surface area (Å²) in [5, 5.41) is 12.0. The number of rotatable bonds is 5. The van der Waals surface area contributed by atoms with Crippen molar-refractivity contribution in [2.45, 2.75) is 13.3 Å². The smallest absolute Gasteiger partial charge is 0.276 e. The Hall–Kier alpha value is -1.91. The third-order valence-electron chi connectivity index (χ3n) is 2.97. The molecule has 0 aliphatic carbocycles. The summed E-state index contributed by atoms with van der Waals surface area (Å²) in [5.74, 6) is 0.379. The third kappa shape index (κ3) is 3.64. The number of benzene rings is 1. The monoisotopic (exact) mass is 379 g/mol. The highest BCUT2D eigenvalue weighted by Gasteiger charge is 2.29. The van der Waals surface area contributed by atoms with Crippen LogP contribution < -0.4 is 10.1 Å². The average molecular weight is 380 g/mol. The van der Waals surface area contributed by atoms with Gasteiger partial charge >= 0.3 is 0 Å². The second-order valence-electron chi connectivity index (χ2n) is 4.57. The number of hydrogen-bond acceptors (Lipinski definition) is 4. The molecule has 1 heterocycles. The summed E-state index contributed by atoms with van der Waals surface area (Å²) in [6.45, 7) is 2.51. The predicted octanol–water partition coefficient (Wildman–Crippen LogP) is 2.82. The van der Waals surface area contributed by atoms with Crippen molar-refractivity contribution in [2.75, 3.05) is 13.2 Å². The third-order valence-corrected chi connectivity index (χ3v) is 3.79. The summed E-state index contributed by atoms with van der Waals surface area (Å²) in [4.78, 5) is 13.9. The number of carbonyl (C=O) groups excluding carboxylic acids is 1. The first-order chi connectivity index (χ1) is 10.6. The Labute approximate surface area is 142 Å². The highest BCUT2D eigenvalue weighted by Crippen LogP contribution is 2.26. The molecule has 1 fully saturated rings. The van der Waals surface area contributed by atoms with Crippen molar-refractivity contribution >= 4 is 45.2 Å². The molecule has 0 unspecified atom stereocenters. The van der Waals surface area contributed by atoms with E-state index in [9.17, 15) is 4.79 Å². The van der Waals surface area contributed by atoms with Gasteiger partial charge in [-0.1, -0.05) is 22.9 Å². The van der Waals surface area contributed by atoms with E-state index in [1.165, 1.54) is 4.90 Å². The maximum absolute atomic E-state index is 12.3. The van der Waals surface area contributed by atoms with Crippen LogP contribution in [-0.2, 0) is 4.79 Å². The van der Waals surface area contributed by atoms with Crippen LogP contribution >= 0.6 is 28.1 Å². The van der Waals surface area contributed by atoms with Crippen molar-refractivity contribution in [3.8, 4) is 11.8 Å². The van der Waals surface area contributed by atoms with Gasteiger partial charge in [0.2, 0.25) is 0 Å². The van der Waals surface area contributed by atoms with E-state index >= 15 is 0 Å². The number of thiocarbonyl (C=S) groups is 1. The van der Waals surface area contributed by atoms with Gasteiger partial charge < -0.3 is 10.1 Å². The summed E-state index contributed by atoms with van der Waals surface area (Å²) in [5.41, 5.74) is 1.10. The summed E-state index contributed by atoms with van der Waals surface area (Å²) in [6.07, 6.45) is 2.51. The average Bonchev–Trinajstić information content (AvgIpc) is 2.74. The standard InChI is InChI=1S/C15H14BrN3O2S/c1-2-6-19-14(20)12(18-15(19)22)9-10-8-11(16)3-4-13(10)21-7-5-17/h3-4,8-9H,2,6-7H2,1H3,(H,18,22)/b12-9+. The minimum absolute atomic E-state index is 0.0560. The zero-order valence-corrected chi connectivity index (χ0v) is 14.3. The van der Waals surface area contributed by atoms with Crippen LogP contribution in [0.4, 0.5) is 0 Å². The Kier molecular flexibility index (Phi) is 5.52. The minimum Gasteiger partial charge on any atom is -0.478 e. The van der Waals surface area contributed by atoms with Crippen LogP contribution in [0.1, 0.15) is 18.9 Å². The molecular weight excluding hydrogens is 366 g/mol. The van der Waals surface area contributed by atoms with Gasteiger partial charge in [-0.3, -0.25) is 9.69 Å². The number of nitrogens with one attached hydrogen (secondary N) is 1. The second kappa shape index (κ2) is 7.38. The maximum Gasteiger partial charge on any atom is 0.276 e. The molecule has 0 atom stereocenters. The molecule has 0 radical (unpaired) electrons. The molecule has 1 saturated heterocycles. The molecule has 1 aliphatic rings. The summed E-state index contributed by atoms with van der Waals surface area (Å²) in [7, 11) is 0. The lowest BCUT2D eigenvalue weighted by Gasteiger charge is -2.11. The number of hydrogen-bond donors (Lipinski definition) is 1. The van der Waals surface area contributed by atoms with Crippen LogP contribution in [0.3, 0.4) is 0 Å². The van der Waals surface area contributed by atoms with Crippen molar-refractivity contribution in [1.82, 2.24) is 10.2 Å². The van der Waals surface area contributed by atoms with Crippen LogP contribution in [0.15, 0.2) is 28.4 Å². The van der Waals surface area contributed by atoms with Gasteiger partial charge in [0.05, 0.1) is 0 Å². The minimum atomic E-state index is -0.155. The molecule has 0 aromatic heterocycles. The Morgan fingerprint density at radius 1 is 1.55 bits per heavy atom. The number of nitriles is 1. The lowest BCUT2D eigenvalue weighted by Crippen LogP contribution is -2.31. The lowest BCUT2D eigenvalue weighted by atomic mass is 10.1. The van der Waals surface area contributed by atoms with Crippen LogP contribution in [0, 0.1) is 11.3 Å². The van der Waals surface area contributed by atoms with Crippen molar-refractivity contribution in [1.29, 1.82) is 5.26 Å². The SMILES string of the molecule is CCCN1C(=O)/C(=C\c2cc(Br)ccc2OCC#N)NC1=S. The highest BCUT2D eigenvalue weighted by atomic mass is 79.9. The lowest BCUT2D eigenvalue weighted by molar-refractivity contribution is -0.122. The van der Waals surface area contributed by atoms with Gasteiger partial charge in [0, 0.05) is 16.6 Å². The van der Waals surface area contributed by atoms with Gasteiger partial charge in [-0.05, 0) is 42.9 Å². The van der Waals surface area contributed by atoms with Crippen molar-refractivity contribution < 1.29 is 9.53 Å². The van der Waals surface area contributed by atoms with Gasteiger partial charge in [-0.25, -0.2) is 0 Å². The van der Waals surface area contributed by atoms with Crippen LogP contribution in [0.25, 0.3) is 6.08 Å². The summed E-state index contributed by atoms with van der Waals surface area (Å²) in [6, 6.07) is 7.30. The Morgan fingerprint density at radius 3 is 3.00 bits per heavy atom. The predicted molar refractivity (Wildman–Crippen MR) is 91.0 cm³/mol. The molecule has 2 rings (SSSR count). The summed E-state index contributed by atoms with van der Waals surface area (Å²) < 4.78 is 6.23. The molecule has 22 heavy (non-hydrogen) atoms. The Bertz CT molecular complexity index is 682. The van der Waals surface area contributed by atoms with E-state index in [0.29, 0.717) is 28.7 Å². The first-order valence-corrected chi connectivity index (χ1v) is 7.90. The molecule has 7 heteroatoms. The normalized spacial score (nSPS) is 15.9. The topological polar surface area (TPSA) is 65.4 Å². The number of halogens is 1. The van der Waals surface area contributed by atoms with Gasteiger partial charge in [-0.2, -0.15) is 5.26 Å². The number of amides is 1. The Morgan fingerprint density at radius 2 is 2.32 bits per heavy atom. The van der Waals surface area contributed by atoms with E-state index in [4.69, 9.17) is 22.2 Å². The first kappa shape index (κ1) is 16.5. The van der Waals surface area contributed by atoms with Gasteiger partial charge in [0.25, 0.3) is 5.91 Å². The molecular formula is C15H14BrN3O2S. The fourth-order valence-electron chi connectivity index (χ4n) is 2.03. The zero-order valence-electron chi connectivity index (χ0n) is 11.9.